The maximum Gasteiger partial charge on any atom is 0.257 e. The standard InChI is InChI=1S/C17H14N2OS2/c1-21-14-9-5-8-13(10-14)16(20)19-17-18-15(11-22-17)12-6-3-2-4-7-12/h2-11H,1H3,(H,18,19,20). The molecule has 0 aliphatic carbocycles. The van der Waals surface area contributed by atoms with Gasteiger partial charge in [0.25, 0.3) is 5.91 Å². The summed E-state index contributed by atoms with van der Waals surface area (Å²) in [5, 5.41) is 5.42. The van der Waals surface area contributed by atoms with E-state index in [0.29, 0.717) is 10.7 Å². The minimum Gasteiger partial charge on any atom is -0.298 e. The zero-order valence-electron chi connectivity index (χ0n) is 11.9. The van der Waals surface area contributed by atoms with Crippen LogP contribution in [0.1, 0.15) is 10.4 Å². The molecule has 1 heterocycles. The van der Waals surface area contributed by atoms with Crippen LogP contribution in [0.25, 0.3) is 11.3 Å². The topological polar surface area (TPSA) is 42.0 Å². The molecule has 0 bridgehead atoms. The van der Waals surface area contributed by atoms with Crippen molar-refractivity contribution >= 4 is 34.1 Å². The van der Waals surface area contributed by atoms with Crippen LogP contribution < -0.4 is 5.32 Å². The molecule has 110 valence electrons. The third-order valence-corrected chi connectivity index (χ3v) is 4.61. The number of hydrogen-bond acceptors (Lipinski definition) is 4. The van der Waals surface area contributed by atoms with E-state index < -0.39 is 0 Å². The zero-order valence-corrected chi connectivity index (χ0v) is 13.6. The van der Waals surface area contributed by atoms with E-state index in [1.54, 1.807) is 17.8 Å². The van der Waals surface area contributed by atoms with Crippen LogP contribution in [0.15, 0.2) is 64.9 Å². The number of amides is 1. The van der Waals surface area contributed by atoms with Crippen LogP contribution in [0.5, 0.6) is 0 Å². The van der Waals surface area contributed by atoms with Gasteiger partial charge in [0.15, 0.2) is 5.13 Å². The summed E-state index contributed by atoms with van der Waals surface area (Å²) in [6.07, 6.45) is 1.99. The van der Waals surface area contributed by atoms with Crippen LogP contribution in [-0.2, 0) is 0 Å². The van der Waals surface area contributed by atoms with Gasteiger partial charge in [-0.05, 0) is 24.5 Å². The lowest BCUT2D eigenvalue weighted by Crippen LogP contribution is -2.11. The smallest absolute Gasteiger partial charge is 0.257 e. The highest BCUT2D eigenvalue weighted by molar-refractivity contribution is 7.98. The second-order valence-corrected chi connectivity index (χ2v) is 6.33. The lowest BCUT2D eigenvalue weighted by molar-refractivity contribution is 0.102. The summed E-state index contributed by atoms with van der Waals surface area (Å²) < 4.78 is 0. The van der Waals surface area contributed by atoms with Crippen molar-refractivity contribution in [3.05, 3.63) is 65.5 Å². The van der Waals surface area contributed by atoms with E-state index >= 15 is 0 Å². The van der Waals surface area contributed by atoms with Gasteiger partial charge in [-0.15, -0.1) is 23.1 Å². The number of benzene rings is 2. The molecule has 3 nitrogen and oxygen atoms in total. The Morgan fingerprint density at radius 3 is 2.73 bits per heavy atom. The number of hydrogen-bond donors (Lipinski definition) is 1. The second kappa shape index (κ2) is 6.77. The molecule has 1 amide bonds. The third kappa shape index (κ3) is 3.37. The van der Waals surface area contributed by atoms with Crippen molar-refractivity contribution in [2.45, 2.75) is 4.90 Å². The monoisotopic (exact) mass is 326 g/mol. The maximum atomic E-state index is 12.3. The predicted octanol–water partition coefficient (Wildman–Crippen LogP) is 4.78. The molecule has 22 heavy (non-hydrogen) atoms. The number of thiazole rings is 1. The van der Waals surface area contributed by atoms with Crippen molar-refractivity contribution in [3.63, 3.8) is 0 Å². The van der Waals surface area contributed by atoms with Crippen LogP contribution in [-0.4, -0.2) is 17.1 Å². The normalized spacial score (nSPS) is 10.4. The van der Waals surface area contributed by atoms with Gasteiger partial charge in [0.05, 0.1) is 5.69 Å². The number of anilines is 1. The molecule has 0 aliphatic rings. The van der Waals surface area contributed by atoms with E-state index in [4.69, 9.17) is 0 Å². The van der Waals surface area contributed by atoms with Gasteiger partial charge in [-0.3, -0.25) is 10.1 Å². The fraction of sp³-hybridized carbons (Fsp3) is 0.0588. The molecule has 0 aliphatic heterocycles. The van der Waals surface area contributed by atoms with Gasteiger partial charge in [0.2, 0.25) is 0 Å². The Hall–Kier alpha value is -2.11. The Balaban J connectivity index is 1.76. The lowest BCUT2D eigenvalue weighted by atomic mass is 10.2. The number of nitrogens with zero attached hydrogens (tertiary/aromatic N) is 1. The van der Waals surface area contributed by atoms with Crippen molar-refractivity contribution in [2.24, 2.45) is 0 Å². The molecular formula is C17H14N2OS2. The summed E-state index contributed by atoms with van der Waals surface area (Å²) in [6.45, 7) is 0. The van der Waals surface area contributed by atoms with Crippen molar-refractivity contribution in [1.29, 1.82) is 0 Å². The second-order valence-electron chi connectivity index (χ2n) is 4.59. The molecular weight excluding hydrogens is 312 g/mol. The van der Waals surface area contributed by atoms with Crippen LogP contribution in [0.4, 0.5) is 5.13 Å². The summed E-state index contributed by atoms with van der Waals surface area (Å²) in [5.41, 5.74) is 2.56. The number of carbonyl (C=O) groups excluding carboxylic acids is 1. The zero-order chi connectivity index (χ0) is 15.4. The highest BCUT2D eigenvalue weighted by Crippen LogP contribution is 2.25. The number of aromatic nitrogens is 1. The molecule has 3 aromatic rings. The van der Waals surface area contributed by atoms with Crippen molar-refractivity contribution in [3.8, 4) is 11.3 Å². The fourth-order valence-corrected chi connectivity index (χ4v) is 3.18. The highest BCUT2D eigenvalue weighted by atomic mass is 32.2. The van der Waals surface area contributed by atoms with Crippen molar-refractivity contribution in [1.82, 2.24) is 4.98 Å². The molecule has 1 N–H and O–H groups in total. The molecule has 0 saturated carbocycles. The first-order valence-electron chi connectivity index (χ1n) is 6.72. The van der Waals surface area contributed by atoms with Gasteiger partial charge >= 0.3 is 0 Å². The van der Waals surface area contributed by atoms with Crippen LogP contribution in [0.3, 0.4) is 0 Å². The number of rotatable bonds is 4. The van der Waals surface area contributed by atoms with Crippen LogP contribution in [0, 0.1) is 0 Å². The summed E-state index contributed by atoms with van der Waals surface area (Å²) in [4.78, 5) is 17.8. The Morgan fingerprint density at radius 1 is 1.14 bits per heavy atom. The minimum atomic E-state index is -0.134. The van der Waals surface area contributed by atoms with E-state index in [-0.39, 0.29) is 5.91 Å². The SMILES string of the molecule is CSc1cccc(C(=O)Nc2nc(-c3ccccc3)cs2)c1. The number of carbonyl (C=O) groups is 1. The largest absolute Gasteiger partial charge is 0.298 e. The van der Waals surface area contributed by atoms with E-state index in [2.05, 4.69) is 10.3 Å². The number of thioether (sulfide) groups is 1. The van der Waals surface area contributed by atoms with Gasteiger partial charge in [0, 0.05) is 21.4 Å². The Kier molecular flexibility index (Phi) is 4.56. The summed E-state index contributed by atoms with van der Waals surface area (Å²) in [6, 6.07) is 17.5. The molecule has 0 unspecified atom stereocenters. The molecule has 0 fully saturated rings. The average Bonchev–Trinajstić information content (AvgIpc) is 3.04. The fourth-order valence-electron chi connectivity index (χ4n) is 2.01. The van der Waals surface area contributed by atoms with E-state index in [9.17, 15) is 4.79 Å². The van der Waals surface area contributed by atoms with Crippen molar-refractivity contribution in [2.75, 3.05) is 11.6 Å². The van der Waals surface area contributed by atoms with E-state index in [0.717, 1.165) is 16.2 Å². The summed E-state index contributed by atoms with van der Waals surface area (Å²) in [5.74, 6) is -0.134. The lowest BCUT2D eigenvalue weighted by Gasteiger charge is -2.03. The first-order chi connectivity index (χ1) is 10.8. The maximum absolute atomic E-state index is 12.3. The Labute approximate surface area is 137 Å². The Bertz CT molecular complexity index is 784. The molecule has 2 aromatic carbocycles. The van der Waals surface area contributed by atoms with Crippen LogP contribution >= 0.6 is 23.1 Å². The van der Waals surface area contributed by atoms with E-state index in [1.165, 1.54) is 11.3 Å². The molecule has 1 aromatic heterocycles. The van der Waals surface area contributed by atoms with Gasteiger partial charge in [0.1, 0.15) is 0 Å². The molecule has 3 rings (SSSR count). The molecule has 0 saturated heterocycles. The predicted molar refractivity (Wildman–Crippen MR) is 93.7 cm³/mol. The van der Waals surface area contributed by atoms with Crippen molar-refractivity contribution < 1.29 is 4.79 Å². The van der Waals surface area contributed by atoms with Gasteiger partial charge in [-0.25, -0.2) is 4.98 Å². The minimum absolute atomic E-state index is 0.134. The quantitative estimate of drug-likeness (QED) is 0.701. The summed E-state index contributed by atoms with van der Waals surface area (Å²) >= 11 is 3.04. The first-order valence-corrected chi connectivity index (χ1v) is 8.83. The van der Waals surface area contributed by atoms with Crippen LogP contribution in [0.2, 0.25) is 0 Å². The first kappa shape index (κ1) is 14.8. The Morgan fingerprint density at radius 2 is 1.95 bits per heavy atom. The number of nitrogens with one attached hydrogen (secondary N) is 1. The average molecular weight is 326 g/mol. The highest BCUT2D eigenvalue weighted by Gasteiger charge is 2.10. The molecule has 0 spiro atoms. The van der Waals surface area contributed by atoms with Gasteiger partial charge in [-0.1, -0.05) is 36.4 Å². The molecule has 0 radical (unpaired) electrons. The molecule has 5 heteroatoms. The third-order valence-electron chi connectivity index (χ3n) is 3.13. The van der Waals surface area contributed by atoms with Gasteiger partial charge in [-0.2, -0.15) is 0 Å². The van der Waals surface area contributed by atoms with E-state index in [1.807, 2.05) is 60.2 Å². The van der Waals surface area contributed by atoms with Gasteiger partial charge < -0.3 is 0 Å². The summed E-state index contributed by atoms with van der Waals surface area (Å²) in [7, 11) is 0. The molecule has 0 atom stereocenters.